The Bertz CT molecular complexity index is 98.2. The van der Waals surface area contributed by atoms with Crippen molar-refractivity contribution in [2.45, 2.75) is 18.2 Å². The molecule has 1 rings (SSSR count). The molecule has 0 saturated carbocycles. The molecule has 1 aliphatic rings. The normalized spacial score (nSPS) is 43.7. The van der Waals surface area contributed by atoms with Crippen LogP contribution in [0.3, 0.4) is 0 Å². The lowest BCUT2D eigenvalue weighted by Crippen LogP contribution is -2.37. The molecule has 0 aromatic rings. The first-order valence-corrected chi connectivity index (χ1v) is 2.92. The van der Waals surface area contributed by atoms with E-state index >= 15 is 0 Å². The van der Waals surface area contributed by atoms with Crippen LogP contribution in [0, 0.1) is 0 Å². The second-order valence-electron chi connectivity index (χ2n) is 2.21. The van der Waals surface area contributed by atoms with E-state index in [0.717, 1.165) is 0 Å². The SMILES string of the molecule is NC1CO[C@H](CO)[C@H]1O. The van der Waals surface area contributed by atoms with Gasteiger partial charge in [-0.15, -0.1) is 0 Å². The lowest BCUT2D eigenvalue weighted by atomic mass is 10.1. The maximum Gasteiger partial charge on any atom is 0.108 e. The second kappa shape index (κ2) is 2.62. The summed E-state index contributed by atoms with van der Waals surface area (Å²) in [6.45, 7) is 0.182. The van der Waals surface area contributed by atoms with Crippen LogP contribution in [0.2, 0.25) is 0 Å². The van der Waals surface area contributed by atoms with Gasteiger partial charge >= 0.3 is 0 Å². The molecule has 9 heavy (non-hydrogen) atoms. The van der Waals surface area contributed by atoms with Gasteiger partial charge in [-0.05, 0) is 0 Å². The van der Waals surface area contributed by atoms with E-state index in [1.807, 2.05) is 0 Å². The van der Waals surface area contributed by atoms with E-state index in [9.17, 15) is 0 Å². The van der Waals surface area contributed by atoms with Gasteiger partial charge in [-0.1, -0.05) is 0 Å². The minimum atomic E-state index is -0.699. The van der Waals surface area contributed by atoms with E-state index in [4.69, 9.17) is 20.7 Å². The van der Waals surface area contributed by atoms with E-state index in [1.165, 1.54) is 0 Å². The Morgan fingerprint density at radius 1 is 1.67 bits per heavy atom. The number of rotatable bonds is 1. The predicted molar refractivity (Wildman–Crippen MR) is 30.8 cm³/mol. The fourth-order valence-electron chi connectivity index (χ4n) is 0.868. The highest BCUT2D eigenvalue weighted by atomic mass is 16.5. The third kappa shape index (κ3) is 1.21. The van der Waals surface area contributed by atoms with Gasteiger partial charge in [0.05, 0.1) is 25.4 Å². The molecule has 3 atom stereocenters. The van der Waals surface area contributed by atoms with Crippen molar-refractivity contribution in [1.82, 2.24) is 0 Å². The van der Waals surface area contributed by atoms with Crippen molar-refractivity contribution in [1.29, 1.82) is 0 Å². The summed E-state index contributed by atoms with van der Waals surface area (Å²) in [5, 5.41) is 17.6. The van der Waals surface area contributed by atoms with E-state index in [2.05, 4.69) is 0 Å². The number of aliphatic hydroxyl groups is 2. The molecule has 1 fully saturated rings. The average molecular weight is 133 g/mol. The van der Waals surface area contributed by atoms with E-state index in [0.29, 0.717) is 6.61 Å². The van der Waals surface area contributed by atoms with Crippen LogP contribution in [0.5, 0.6) is 0 Å². The molecular formula is C5H11NO3. The van der Waals surface area contributed by atoms with Gasteiger partial charge in [-0.25, -0.2) is 0 Å². The van der Waals surface area contributed by atoms with Crippen molar-refractivity contribution in [3.8, 4) is 0 Å². The summed E-state index contributed by atoms with van der Waals surface area (Å²) in [5.41, 5.74) is 5.36. The molecular weight excluding hydrogens is 122 g/mol. The Labute approximate surface area is 53.2 Å². The van der Waals surface area contributed by atoms with Crippen molar-refractivity contribution < 1.29 is 14.9 Å². The van der Waals surface area contributed by atoms with Gasteiger partial charge in [-0.3, -0.25) is 0 Å². The van der Waals surface area contributed by atoms with Crippen molar-refractivity contribution >= 4 is 0 Å². The monoisotopic (exact) mass is 133 g/mol. The summed E-state index contributed by atoms with van der Waals surface area (Å²) in [4.78, 5) is 0. The third-order valence-electron chi connectivity index (χ3n) is 1.50. The van der Waals surface area contributed by atoms with Gasteiger partial charge in [0.1, 0.15) is 6.10 Å². The maximum atomic E-state index is 9.05. The lowest BCUT2D eigenvalue weighted by Gasteiger charge is -2.10. The summed E-state index contributed by atoms with van der Waals surface area (Å²) in [7, 11) is 0. The summed E-state index contributed by atoms with van der Waals surface area (Å²) in [5.74, 6) is 0. The molecule has 1 aliphatic heterocycles. The highest BCUT2D eigenvalue weighted by Gasteiger charge is 2.32. The lowest BCUT2D eigenvalue weighted by molar-refractivity contribution is 0.00336. The smallest absolute Gasteiger partial charge is 0.108 e. The van der Waals surface area contributed by atoms with Crippen molar-refractivity contribution in [3.05, 3.63) is 0 Å². The quantitative estimate of drug-likeness (QED) is 0.389. The van der Waals surface area contributed by atoms with Crippen LogP contribution in [0.25, 0.3) is 0 Å². The maximum absolute atomic E-state index is 9.05. The van der Waals surface area contributed by atoms with E-state index in [-0.39, 0.29) is 12.6 Å². The van der Waals surface area contributed by atoms with Crippen LogP contribution in [-0.2, 0) is 4.74 Å². The van der Waals surface area contributed by atoms with E-state index < -0.39 is 12.2 Å². The average Bonchev–Trinajstić information content (AvgIpc) is 2.15. The molecule has 0 aromatic heterocycles. The molecule has 0 radical (unpaired) electrons. The molecule has 0 aromatic carbocycles. The minimum Gasteiger partial charge on any atom is -0.394 e. The third-order valence-corrected chi connectivity index (χ3v) is 1.50. The molecule has 4 nitrogen and oxygen atoms in total. The molecule has 1 heterocycles. The number of aliphatic hydroxyl groups excluding tert-OH is 2. The summed E-state index contributed by atoms with van der Waals surface area (Å²) < 4.78 is 4.90. The number of hydrogen-bond donors (Lipinski definition) is 3. The first-order valence-electron chi connectivity index (χ1n) is 2.92. The molecule has 0 bridgehead atoms. The largest absolute Gasteiger partial charge is 0.394 e. The number of nitrogens with two attached hydrogens (primary N) is 1. The second-order valence-corrected chi connectivity index (χ2v) is 2.21. The highest BCUT2D eigenvalue weighted by Crippen LogP contribution is 2.10. The Morgan fingerprint density at radius 3 is 2.56 bits per heavy atom. The number of hydrogen-bond acceptors (Lipinski definition) is 4. The molecule has 4 N–H and O–H groups in total. The fourth-order valence-corrected chi connectivity index (χ4v) is 0.868. The topological polar surface area (TPSA) is 75.7 Å². The Hall–Kier alpha value is -0.160. The van der Waals surface area contributed by atoms with Crippen molar-refractivity contribution in [3.63, 3.8) is 0 Å². The first kappa shape index (κ1) is 6.95. The molecule has 1 saturated heterocycles. The number of ether oxygens (including phenoxy) is 1. The molecule has 1 unspecified atom stereocenters. The molecule has 0 amide bonds. The van der Waals surface area contributed by atoms with Gasteiger partial charge in [0.15, 0.2) is 0 Å². The molecule has 4 heteroatoms. The van der Waals surface area contributed by atoms with Crippen LogP contribution in [0.4, 0.5) is 0 Å². The predicted octanol–water partition coefficient (Wildman–Crippen LogP) is -1.93. The Balaban J connectivity index is 2.41. The standard InChI is InChI=1S/C5H11NO3/c6-3-2-9-4(1-7)5(3)8/h3-5,7-8H,1-2,6H2/t3?,4-,5+/m1/s1. The summed E-state index contributed by atoms with van der Waals surface area (Å²) >= 11 is 0. The van der Waals surface area contributed by atoms with Crippen LogP contribution in [0.1, 0.15) is 0 Å². The van der Waals surface area contributed by atoms with Gasteiger partial charge in [0.25, 0.3) is 0 Å². The summed E-state index contributed by atoms with van der Waals surface area (Å²) in [6, 6.07) is -0.331. The summed E-state index contributed by atoms with van der Waals surface area (Å²) in [6.07, 6.45) is -1.17. The van der Waals surface area contributed by atoms with Gasteiger partial charge in [0, 0.05) is 0 Å². The van der Waals surface area contributed by atoms with E-state index in [1.54, 1.807) is 0 Å². The minimum absolute atomic E-state index is 0.158. The van der Waals surface area contributed by atoms with Gasteiger partial charge in [0.2, 0.25) is 0 Å². The zero-order chi connectivity index (χ0) is 6.85. The highest BCUT2D eigenvalue weighted by molar-refractivity contribution is 4.85. The fraction of sp³-hybridized carbons (Fsp3) is 1.00. The van der Waals surface area contributed by atoms with Crippen LogP contribution < -0.4 is 5.73 Å². The molecule has 54 valence electrons. The molecule has 0 spiro atoms. The van der Waals surface area contributed by atoms with Crippen molar-refractivity contribution in [2.75, 3.05) is 13.2 Å². The zero-order valence-corrected chi connectivity index (χ0v) is 5.03. The van der Waals surface area contributed by atoms with Crippen LogP contribution >= 0.6 is 0 Å². The molecule has 0 aliphatic carbocycles. The van der Waals surface area contributed by atoms with Gasteiger partial charge < -0.3 is 20.7 Å². The van der Waals surface area contributed by atoms with Crippen LogP contribution in [0.15, 0.2) is 0 Å². The van der Waals surface area contributed by atoms with Gasteiger partial charge in [-0.2, -0.15) is 0 Å². The first-order chi connectivity index (χ1) is 4.25. The zero-order valence-electron chi connectivity index (χ0n) is 5.03. The van der Waals surface area contributed by atoms with Crippen LogP contribution in [-0.4, -0.2) is 41.7 Å². The Morgan fingerprint density at radius 2 is 2.33 bits per heavy atom. The van der Waals surface area contributed by atoms with Crippen molar-refractivity contribution in [2.24, 2.45) is 5.73 Å². The Kier molecular flexibility index (Phi) is 2.02.